The molecule has 13 heteroatoms. The number of thiazole rings is 1. The molecule has 1 aromatic heterocycles. The lowest BCUT2D eigenvalue weighted by Crippen LogP contribution is -2.41. The summed E-state index contributed by atoms with van der Waals surface area (Å²) >= 11 is 13.1. The van der Waals surface area contributed by atoms with E-state index in [0.29, 0.717) is 19.5 Å². The SMILES string of the molecule is CCOC(=O)C1=C(C(F)(F)F)N=c2s/c(=C\c3cc(Br)c(O)c(Br)c3)c(=O)n2[C@H]1c1ccc(Cl)cc1. The van der Waals surface area contributed by atoms with Gasteiger partial charge in [-0.3, -0.25) is 9.36 Å². The minimum Gasteiger partial charge on any atom is -0.506 e. The molecule has 188 valence electrons. The molecule has 4 rings (SSSR count). The number of nitrogens with zero attached hydrogens (tertiary/aromatic N) is 2. The van der Waals surface area contributed by atoms with E-state index < -0.39 is 35.0 Å². The lowest BCUT2D eigenvalue weighted by molar-refractivity contribution is -0.140. The molecule has 3 aromatic rings. The Hall–Kier alpha value is -2.41. The summed E-state index contributed by atoms with van der Waals surface area (Å²) < 4.78 is 49.1. The van der Waals surface area contributed by atoms with E-state index in [1.165, 1.54) is 37.3 Å². The molecule has 2 aromatic carbocycles. The van der Waals surface area contributed by atoms with Crippen LogP contribution in [0.3, 0.4) is 0 Å². The number of halogens is 6. The first kappa shape index (κ1) is 26.6. The zero-order chi connectivity index (χ0) is 26.4. The number of ether oxygens (including phenoxy) is 1. The van der Waals surface area contributed by atoms with Crippen molar-refractivity contribution < 1.29 is 27.8 Å². The number of phenolic OH excluding ortho intramolecular Hbond substituents is 1. The Morgan fingerprint density at radius 1 is 1.25 bits per heavy atom. The van der Waals surface area contributed by atoms with Gasteiger partial charge in [0.1, 0.15) is 5.75 Å². The Labute approximate surface area is 227 Å². The van der Waals surface area contributed by atoms with Crippen molar-refractivity contribution in [1.82, 2.24) is 4.57 Å². The zero-order valence-corrected chi connectivity index (χ0v) is 22.8. The van der Waals surface area contributed by atoms with Crippen LogP contribution in [0.4, 0.5) is 13.2 Å². The van der Waals surface area contributed by atoms with E-state index in [1.54, 1.807) is 12.1 Å². The number of fused-ring (bicyclic) bond motifs is 1. The number of alkyl halides is 3. The summed E-state index contributed by atoms with van der Waals surface area (Å²) in [6.07, 6.45) is -3.53. The Kier molecular flexibility index (Phi) is 7.52. The van der Waals surface area contributed by atoms with Crippen LogP contribution >= 0.6 is 54.8 Å². The molecule has 0 saturated heterocycles. The highest BCUT2D eigenvalue weighted by Crippen LogP contribution is 2.38. The molecule has 0 unspecified atom stereocenters. The number of aromatic nitrogens is 1. The second-order valence-electron chi connectivity index (χ2n) is 7.45. The van der Waals surface area contributed by atoms with Gasteiger partial charge in [0.15, 0.2) is 10.5 Å². The lowest BCUT2D eigenvalue weighted by Gasteiger charge is -2.26. The molecule has 0 saturated carbocycles. The van der Waals surface area contributed by atoms with Crippen molar-refractivity contribution in [2.45, 2.75) is 19.1 Å². The van der Waals surface area contributed by atoms with Gasteiger partial charge in [0.2, 0.25) is 0 Å². The fourth-order valence-corrected chi connectivity index (χ4v) is 5.97. The van der Waals surface area contributed by atoms with Gasteiger partial charge in [-0.25, -0.2) is 9.79 Å². The highest BCUT2D eigenvalue weighted by atomic mass is 79.9. The summed E-state index contributed by atoms with van der Waals surface area (Å²) in [5.74, 6) is -1.28. The quantitative estimate of drug-likeness (QED) is 0.388. The average molecular weight is 667 g/mol. The molecule has 1 N–H and O–H groups in total. The molecule has 2 heterocycles. The maximum atomic E-state index is 14.1. The van der Waals surface area contributed by atoms with Crippen molar-refractivity contribution >= 4 is 66.8 Å². The molecule has 0 aliphatic carbocycles. The fourth-order valence-electron chi connectivity index (χ4n) is 3.62. The molecule has 0 amide bonds. The van der Waals surface area contributed by atoms with Crippen LogP contribution in [0.1, 0.15) is 24.1 Å². The monoisotopic (exact) mass is 664 g/mol. The van der Waals surface area contributed by atoms with Crippen molar-refractivity contribution in [2.75, 3.05) is 6.61 Å². The molecule has 0 spiro atoms. The number of hydrogen-bond acceptors (Lipinski definition) is 6. The number of esters is 1. The Balaban J connectivity index is 2.05. The van der Waals surface area contributed by atoms with Crippen LogP contribution in [-0.2, 0) is 9.53 Å². The number of benzene rings is 2. The second kappa shape index (κ2) is 10.2. The third-order valence-corrected chi connectivity index (χ3v) is 7.56. The standard InChI is InChI=1S/C23H14Br2ClF3N2O4S/c1-2-35-21(34)16-17(11-3-5-12(26)6-4-11)31-20(33)15(36-22(31)30-19(16)23(27,28)29)9-10-7-13(24)18(32)14(25)8-10/h3-9,17,32H,2H2,1H3/b15-9-/t17-/m0/s1. The third-order valence-electron chi connectivity index (χ3n) is 5.12. The number of phenols is 1. The largest absolute Gasteiger partial charge is 0.506 e. The molecule has 6 nitrogen and oxygen atoms in total. The minimum absolute atomic E-state index is 0.0507. The van der Waals surface area contributed by atoms with E-state index in [2.05, 4.69) is 36.9 Å². The summed E-state index contributed by atoms with van der Waals surface area (Å²) in [7, 11) is 0. The van der Waals surface area contributed by atoms with E-state index in [4.69, 9.17) is 16.3 Å². The Bertz CT molecular complexity index is 1560. The smallest absolute Gasteiger partial charge is 0.434 e. The topological polar surface area (TPSA) is 80.9 Å². The van der Waals surface area contributed by atoms with Gasteiger partial charge in [-0.2, -0.15) is 13.2 Å². The number of carbonyl (C=O) groups excluding carboxylic acids is 1. The fraction of sp³-hybridized carbons (Fsp3) is 0.174. The van der Waals surface area contributed by atoms with Crippen molar-refractivity contribution in [3.63, 3.8) is 0 Å². The third kappa shape index (κ3) is 5.04. The first-order chi connectivity index (χ1) is 16.9. The molecule has 1 aliphatic heterocycles. The summed E-state index contributed by atoms with van der Waals surface area (Å²) in [4.78, 5) is 29.8. The summed E-state index contributed by atoms with van der Waals surface area (Å²) in [5.41, 5.74) is -2.16. The maximum Gasteiger partial charge on any atom is 0.434 e. The number of hydrogen-bond donors (Lipinski definition) is 1. The van der Waals surface area contributed by atoms with Gasteiger partial charge in [0, 0.05) is 5.02 Å². The van der Waals surface area contributed by atoms with Crippen molar-refractivity contribution in [3.05, 3.63) is 92.5 Å². The first-order valence-electron chi connectivity index (χ1n) is 10.2. The number of rotatable bonds is 4. The predicted molar refractivity (Wildman–Crippen MR) is 136 cm³/mol. The van der Waals surface area contributed by atoms with Crippen molar-refractivity contribution in [1.29, 1.82) is 0 Å². The second-order valence-corrected chi connectivity index (χ2v) is 10.6. The van der Waals surface area contributed by atoms with E-state index in [1.807, 2.05) is 0 Å². The molecule has 0 radical (unpaired) electrons. The van der Waals surface area contributed by atoms with Gasteiger partial charge < -0.3 is 9.84 Å². The van der Waals surface area contributed by atoms with E-state index in [0.717, 1.165) is 15.9 Å². The van der Waals surface area contributed by atoms with Crippen LogP contribution in [0, 0.1) is 0 Å². The van der Waals surface area contributed by atoms with E-state index in [-0.39, 0.29) is 27.3 Å². The zero-order valence-electron chi connectivity index (χ0n) is 18.1. The number of carbonyl (C=O) groups is 1. The maximum absolute atomic E-state index is 14.1. The highest BCUT2D eigenvalue weighted by molar-refractivity contribution is 9.11. The van der Waals surface area contributed by atoms with Gasteiger partial charge in [0.05, 0.1) is 31.7 Å². The van der Waals surface area contributed by atoms with Crippen LogP contribution in [0.5, 0.6) is 5.75 Å². The molecule has 0 fully saturated rings. The highest BCUT2D eigenvalue weighted by Gasteiger charge is 2.45. The molecule has 36 heavy (non-hydrogen) atoms. The van der Waals surface area contributed by atoms with Crippen LogP contribution < -0.4 is 14.9 Å². The van der Waals surface area contributed by atoms with Gasteiger partial charge in [-0.1, -0.05) is 35.1 Å². The normalized spacial score (nSPS) is 16.1. The molecular weight excluding hydrogens is 653 g/mol. The van der Waals surface area contributed by atoms with Crippen molar-refractivity contribution in [3.8, 4) is 5.75 Å². The first-order valence-corrected chi connectivity index (χ1v) is 12.9. The average Bonchev–Trinajstić information content (AvgIpc) is 3.11. The van der Waals surface area contributed by atoms with E-state index >= 15 is 0 Å². The van der Waals surface area contributed by atoms with Crippen LogP contribution in [0.2, 0.25) is 5.02 Å². The van der Waals surface area contributed by atoms with Crippen LogP contribution in [0.25, 0.3) is 6.08 Å². The van der Waals surface area contributed by atoms with Crippen LogP contribution in [-0.4, -0.2) is 28.4 Å². The Morgan fingerprint density at radius 3 is 2.42 bits per heavy atom. The summed E-state index contributed by atoms with van der Waals surface area (Å²) in [6.45, 7) is 1.29. The van der Waals surface area contributed by atoms with Gasteiger partial charge in [0.25, 0.3) is 5.56 Å². The van der Waals surface area contributed by atoms with Gasteiger partial charge in [-0.15, -0.1) is 0 Å². The molecule has 1 aliphatic rings. The summed E-state index contributed by atoms with van der Waals surface area (Å²) in [6, 6.07) is 7.42. The van der Waals surface area contributed by atoms with Gasteiger partial charge >= 0.3 is 12.1 Å². The Morgan fingerprint density at radius 2 is 1.86 bits per heavy atom. The lowest BCUT2D eigenvalue weighted by atomic mass is 9.95. The van der Waals surface area contributed by atoms with Gasteiger partial charge in [-0.05, 0) is 80.3 Å². The number of allylic oxidation sites excluding steroid dienone is 1. The number of aromatic hydroxyl groups is 1. The molecule has 1 atom stereocenters. The molecular formula is C23H14Br2ClF3N2O4S. The van der Waals surface area contributed by atoms with Crippen molar-refractivity contribution in [2.24, 2.45) is 4.99 Å². The molecule has 0 bridgehead atoms. The predicted octanol–water partition coefficient (Wildman–Crippen LogP) is 5.22. The summed E-state index contributed by atoms with van der Waals surface area (Å²) in [5, 5.41) is 10.3. The van der Waals surface area contributed by atoms with Crippen LogP contribution in [0.15, 0.2) is 66.4 Å². The van der Waals surface area contributed by atoms with E-state index in [9.17, 15) is 27.9 Å². The minimum atomic E-state index is -4.99.